The lowest BCUT2D eigenvalue weighted by Gasteiger charge is -2.11. The van der Waals surface area contributed by atoms with Gasteiger partial charge >= 0.3 is 0 Å². The normalized spacial score (nSPS) is 10.8. The Morgan fingerprint density at radius 2 is 1.96 bits per heavy atom. The Morgan fingerprint density at radius 3 is 2.64 bits per heavy atom. The first-order valence-electron chi connectivity index (χ1n) is 7.25. The summed E-state index contributed by atoms with van der Waals surface area (Å²) in [6, 6.07) is 7.94. The van der Waals surface area contributed by atoms with Crippen LogP contribution in [0.25, 0.3) is 0 Å². The molecule has 0 aliphatic carbocycles. The van der Waals surface area contributed by atoms with Crippen LogP contribution in [0.3, 0.4) is 0 Å². The molecule has 0 atom stereocenters. The zero-order valence-electron chi connectivity index (χ0n) is 13.5. The van der Waals surface area contributed by atoms with Gasteiger partial charge in [0, 0.05) is 5.02 Å². The molecule has 0 unspecified atom stereocenters. The van der Waals surface area contributed by atoms with Gasteiger partial charge in [-0.3, -0.25) is 4.79 Å². The predicted octanol–water partition coefficient (Wildman–Crippen LogP) is 4.82. The van der Waals surface area contributed by atoms with Gasteiger partial charge < -0.3 is 9.47 Å². The van der Waals surface area contributed by atoms with Crippen LogP contribution in [0, 0.1) is 0 Å². The van der Waals surface area contributed by atoms with Crippen molar-refractivity contribution in [2.45, 2.75) is 6.92 Å². The number of benzene rings is 2. The Bertz CT molecular complexity index is 810. The number of halogens is 3. The first-order chi connectivity index (χ1) is 12.0. The molecule has 1 N–H and O–H groups in total. The zero-order valence-corrected chi connectivity index (χ0v) is 15.7. The summed E-state index contributed by atoms with van der Waals surface area (Å²) in [5.41, 5.74) is 3.24. The first-order valence-corrected chi connectivity index (χ1v) is 8.38. The summed E-state index contributed by atoms with van der Waals surface area (Å²) in [4.78, 5) is 12.1. The quantitative estimate of drug-likeness (QED) is 0.558. The molecule has 0 bridgehead atoms. The topological polar surface area (TPSA) is 59.9 Å². The monoisotopic (exact) mass is 400 g/mol. The second-order valence-corrected chi connectivity index (χ2v) is 6.04. The molecule has 0 aliphatic rings. The van der Waals surface area contributed by atoms with Crippen molar-refractivity contribution in [2.24, 2.45) is 5.10 Å². The van der Waals surface area contributed by atoms with Crippen molar-refractivity contribution < 1.29 is 14.3 Å². The molecule has 5 nitrogen and oxygen atoms in total. The van der Waals surface area contributed by atoms with Gasteiger partial charge in [0.1, 0.15) is 0 Å². The summed E-state index contributed by atoms with van der Waals surface area (Å²) in [6.07, 6.45) is 1.43. The smallest absolute Gasteiger partial charge is 0.272 e. The van der Waals surface area contributed by atoms with Crippen LogP contribution in [0.2, 0.25) is 15.1 Å². The van der Waals surface area contributed by atoms with Gasteiger partial charge in [0.25, 0.3) is 5.91 Å². The molecule has 0 aromatic heterocycles. The number of methoxy groups -OCH3 is 1. The zero-order chi connectivity index (χ0) is 18.4. The van der Waals surface area contributed by atoms with E-state index in [0.717, 1.165) is 0 Å². The van der Waals surface area contributed by atoms with E-state index in [9.17, 15) is 4.79 Å². The minimum atomic E-state index is -0.479. The van der Waals surface area contributed by atoms with Gasteiger partial charge in [0.2, 0.25) is 0 Å². The van der Waals surface area contributed by atoms with Gasteiger partial charge in [0.05, 0.1) is 35.5 Å². The SMILES string of the molecule is CCOc1c(Cl)cc(/C=N\NC(=O)c2cc(Cl)ccc2Cl)cc1OC. The minimum absolute atomic E-state index is 0.230. The van der Waals surface area contributed by atoms with E-state index in [1.165, 1.54) is 19.4 Å². The highest BCUT2D eigenvalue weighted by atomic mass is 35.5. The van der Waals surface area contributed by atoms with Crippen LogP contribution in [0.4, 0.5) is 0 Å². The fourth-order valence-electron chi connectivity index (χ4n) is 2.00. The highest BCUT2D eigenvalue weighted by Gasteiger charge is 2.12. The number of rotatable bonds is 6. The Kier molecular flexibility index (Phi) is 6.93. The number of nitrogens with one attached hydrogen (secondary N) is 1. The fourth-order valence-corrected chi connectivity index (χ4v) is 2.65. The van der Waals surface area contributed by atoms with Crippen molar-refractivity contribution in [3.63, 3.8) is 0 Å². The van der Waals surface area contributed by atoms with Crippen LogP contribution in [-0.4, -0.2) is 25.8 Å². The second kappa shape index (κ2) is 8.94. The van der Waals surface area contributed by atoms with Crippen LogP contribution in [0.5, 0.6) is 11.5 Å². The molecule has 8 heteroatoms. The summed E-state index contributed by atoms with van der Waals surface area (Å²) in [6.45, 7) is 2.31. The molecule has 0 radical (unpaired) electrons. The van der Waals surface area contributed by atoms with E-state index in [2.05, 4.69) is 10.5 Å². The molecule has 0 saturated heterocycles. The fraction of sp³-hybridized carbons (Fsp3) is 0.176. The Hall–Kier alpha value is -1.95. The van der Waals surface area contributed by atoms with Gasteiger partial charge in [-0.2, -0.15) is 5.10 Å². The first kappa shape index (κ1) is 19.4. The Labute approximate surface area is 160 Å². The van der Waals surface area contributed by atoms with Crippen molar-refractivity contribution in [2.75, 3.05) is 13.7 Å². The van der Waals surface area contributed by atoms with Crippen molar-refractivity contribution in [1.82, 2.24) is 5.43 Å². The Morgan fingerprint density at radius 1 is 1.20 bits per heavy atom. The number of carbonyl (C=O) groups is 1. The van der Waals surface area contributed by atoms with E-state index in [4.69, 9.17) is 44.3 Å². The summed E-state index contributed by atoms with van der Waals surface area (Å²) >= 11 is 18.0. The highest BCUT2D eigenvalue weighted by Crippen LogP contribution is 2.35. The van der Waals surface area contributed by atoms with E-state index in [1.807, 2.05) is 6.92 Å². The van der Waals surface area contributed by atoms with Gasteiger partial charge in [0.15, 0.2) is 11.5 Å². The third-order valence-electron chi connectivity index (χ3n) is 3.09. The molecule has 25 heavy (non-hydrogen) atoms. The van der Waals surface area contributed by atoms with Crippen LogP contribution in [0.15, 0.2) is 35.4 Å². The number of nitrogens with zero attached hydrogens (tertiary/aromatic N) is 1. The lowest BCUT2D eigenvalue weighted by Crippen LogP contribution is -2.18. The average Bonchev–Trinajstić information content (AvgIpc) is 2.59. The van der Waals surface area contributed by atoms with Crippen LogP contribution < -0.4 is 14.9 Å². The van der Waals surface area contributed by atoms with E-state index >= 15 is 0 Å². The van der Waals surface area contributed by atoms with E-state index in [0.29, 0.717) is 33.7 Å². The molecule has 0 saturated carbocycles. The lowest BCUT2D eigenvalue weighted by molar-refractivity contribution is 0.0955. The standard InChI is InChI=1S/C17H15Cl3N2O3/c1-3-25-16-14(20)6-10(7-15(16)24-2)9-21-22-17(23)12-8-11(18)4-5-13(12)19/h4-9H,3H2,1-2H3,(H,22,23)/b21-9-. The number of hydrogen-bond acceptors (Lipinski definition) is 4. The van der Waals surface area contributed by atoms with Gasteiger partial charge in [-0.15, -0.1) is 0 Å². The maximum atomic E-state index is 12.1. The van der Waals surface area contributed by atoms with Crippen molar-refractivity contribution in [3.8, 4) is 11.5 Å². The molecule has 132 valence electrons. The maximum Gasteiger partial charge on any atom is 0.272 e. The average molecular weight is 402 g/mol. The van der Waals surface area contributed by atoms with E-state index in [1.54, 1.807) is 24.3 Å². The van der Waals surface area contributed by atoms with E-state index < -0.39 is 5.91 Å². The predicted molar refractivity (Wildman–Crippen MR) is 101 cm³/mol. The van der Waals surface area contributed by atoms with Gasteiger partial charge in [-0.05, 0) is 42.8 Å². The molecule has 1 amide bonds. The van der Waals surface area contributed by atoms with Crippen molar-refractivity contribution in [3.05, 3.63) is 56.5 Å². The summed E-state index contributed by atoms with van der Waals surface area (Å²) in [7, 11) is 1.51. The highest BCUT2D eigenvalue weighted by molar-refractivity contribution is 6.35. The largest absolute Gasteiger partial charge is 0.493 e. The summed E-state index contributed by atoms with van der Waals surface area (Å²) in [5, 5.41) is 4.97. The van der Waals surface area contributed by atoms with Gasteiger partial charge in [-0.1, -0.05) is 34.8 Å². The third kappa shape index (κ3) is 5.01. The molecule has 2 aromatic rings. The number of ether oxygens (including phenoxy) is 2. The van der Waals surface area contributed by atoms with Crippen LogP contribution in [-0.2, 0) is 0 Å². The molecule has 2 rings (SSSR count). The van der Waals surface area contributed by atoms with Crippen molar-refractivity contribution in [1.29, 1.82) is 0 Å². The Balaban J connectivity index is 2.15. The van der Waals surface area contributed by atoms with Gasteiger partial charge in [-0.25, -0.2) is 5.43 Å². The lowest BCUT2D eigenvalue weighted by atomic mass is 10.2. The molecular formula is C17H15Cl3N2O3. The third-order valence-corrected chi connectivity index (χ3v) is 3.94. The molecule has 0 fully saturated rings. The number of hydrazone groups is 1. The second-order valence-electron chi connectivity index (χ2n) is 4.79. The molecule has 2 aromatic carbocycles. The van der Waals surface area contributed by atoms with Crippen molar-refractivity contribution >= 4 is 46.9 Å². The molecule has 0 heterocycles. The molecule has 0 aliphatic heterocycles. The van der Waals surface area contributed by atoms with E-state index in [-0.39, 0.29) is 10.6 Å². The minimum Gasteiger partial charge on any atom is -0.493 e. The molecule has 0 spiro atoms. The maximum absolute atomic E-state index is 12.1. The number of carbonyl (C=O) groups excluding carboxylic acids is 1. The summed E-state index contributed by atoms with van der Waals surface area (Å²) < 4.78 is 10.7. The van der Waals surface area contributed by atoms with Crippen LogP contribution in [0.1, 0.15) is 22.8 Å². The number of amides is 1. The van der Waals surface area contributed by atoms with Crippen LogP contribution >= 0.6 is 34.8 Å². The number of hydrogen-bond donors (Lipinski definition) is 1. The summed E-state index contributed by atoms with van der Waals surface area (Å²) in [5.74, 6) is 0.450. The molecular weight excluding hydrogens is 387 g/mol.